The molecule has 1 aromatic carbocycles. The van der Waals surface area contributed by atoms with Gasteiger partial charge in [-0.15, -0.1) is 0 Å². The van der Waals surface area contributed by atoms with E-state index in [1.54, 1.807) is 0 Å². The van der Waals surface area contributed by atoms with Gasteiger partial charge in [0.15, 0.2) is 11.6 Å². The molecule has 1 rings (SSSR count). The fraction of sp³-hybridized carbons (Fsp3) is 0.462. The second kappa shape index (κ2) is 7.66. The standard InChI is InChI=1S/C13H19FN2O2/c1-3-15-7-4-8-16-13(17)10-5-6-11(14)12(9-10)18-2/h5-6,9,15H,3-4,7-8H2,1-2H3,(H,16,17). The van der Waals surface area contributed by atoms with E-state index >= 15 is 0 Å². The Hall–Kier alpha value is -1.62. The Balaban J connectivity index is 2.46. The summed E-state index contributed by atoms with van der Waals surface area (Å²) >= 11 is 0. The van der Waals surface area contributed by atoms with Crippen molar-refractivity contribution < 1.29 is 13.9 Å². The predicted octanol–water partition coefficient (Wildman–Crippen LogP) is 1.56. The summed E-state index contributed by atoms with van der Waals surface area (Å²) in [6, 6.07) is 4.07. The molecule has 0 fully saturated rings. The maximum atomic E-state index is 13.2. The zero-order valence-corrected chi connectivity index (χ0v) is 10.8. The van der Waals surface area contributed by atoms with E-state index in [0.717, 1.165) is 19.5 Å². The molecule has 0 aromatic heterocycles. The Kier molecular flexibility index (Phi) is 6.14. The van der Waals surface area contributed by atoms with E-state index in [0.29, 0.717) is 12.1 Å². The van der Waals surface area contributed by atoms with E-state index < -0.39 is 5.82 Å². The average molecular weight is 254 g/mol. The van der Waals surface area contributed by atoms with Crippen LogP contribution in [0.1, 0.15) is 23.7 Å². The first-order chi connectivity index (χ1) is 8.69. The zero-order chi connectivity index (χ0) is 13.4. The number of hydrogen-bond donors (Lipinski definition) is 2. The summed E-state index contributed by atoms with van der Waals surface area (Å²) in [5.74, 6) is -0.610. The molecule has 5 heteroatoms. The molecule has 4 nitrogen and oxygen atoms in total. The van der Waals surface area contributed by atoms with Crippen LogP contribution >= 0.6 is 0 Å². The van der Waals surface area contributed by atoms with Crippen molar-refractivity contribution in [1.82, 2.24) is 10.6 Å². The maximum absolute atomic E-state index is 13.2. The molecule has 0 atom stereocenters. The Bertz CT molecular complexity index is 397. The molecule has 0 heterocycles. The molecule has 0 aliphatic rings. The largest absolute Gasteiger partial charge is 0.494 e. The van der Waals surface area contributed by atoms with Crippen molar-refractivity contribution >= 4 is 5.91 Å². The molecule has 2 N–H and O–H groups in total. The first-order valence-electron chi connectivity index (χ1n) is 6.01. The van der Waals surface area contributed by atoms with Gasteiger partial charge in [-0.2, -0.15) is 0 Å². The minimum absolute atomic E-state index is 0.0790. The van der Waals surface area contributed by atoms with Crippen LogP contribution in [-0.4, -0.2) is 32.7 Å². The molecule has 100 valence electrons. The van der Waals surface area contributed by atoms with Gasteiger partial charge < -0.3 is 15.4 Å². The van der Waals surface area contributed by atoms with Gasteiger partial charge >= 0.3 is 0 Å². The molecule has 0 spiro atoms. The number of methoxy groups -OCH3 is 1. The Morgan fingerprint density at radius 1 is 1.39 bits per heavy atom. The number of benzene rings is 1. The molecule has 0 aliphatic carbocycles. The zero-order valence-electron chi connectivity index (χ0n) is 10.8. The molecule has 1 amide bonds. The summed E-state index contributed by atoms with van der Waals surface area (Å²) in [4.78, 5) is 11.7. The lowest BCUT2D eigenvalue weighted by Crippen LogP contribution is -2.27. The van der Waals surface area contributed by atoms with Gasteiger partial charge in [0, 0.05) is 12.1 Å². The highest BCUT2D eigenvalue weighted by Crippen LogP contribution is 2.17. The fourth-order valence-electron chi connectivity index (χ4n) is 1.50. The summed E-state index contributed by atoms with van der Waals surface area (Å²) in [5, 5.41) is 5.94. The first-order valence-corrected chi connectivity index (χ1v) is 6.01. The summed E-state index contributed by atoms with van der Waals surface area (Å²) in [6.45, 7) is 4.40. The Morgan fingerprint density at radius 3 is 2.83 bits per heavy atom. The van der Waals surface area contributed by atoms with Crippen molar-refractivity contribution in [3.05, 3.63) is 29.6 Å². The smallest absolute Gasteiger partial charge is 0.251 e. The van der Waals surface area contributed by atoms with Crippen LogP contribution in [0.5, 0.6) is 5.75 Å². The number of rotatable bonds is 7. The van der Waals surface area contributed by atoms with E-state index in [1.807, 2.05) is 6.92 Å². The number of ether oxygens (including phenoxy) is 1. The topological polar surface area (TPSA) is 50.4 Å². The predicted molar refractivity (Wildman–Crippen MR) is 68.4 cm³/mol. The highest BCUT2D eigenvalue weighted by Gasteiger charge is 2.09. The monoisotopic (exact) mass is 254 g/mol. The SMILES string of the molecule is CCNCCCNC(=O)c1ccc(F)c(OC)c1. The highest BCUT2D eigenvalue weighted by molar-refractivity contribution is 5.94. The lowest BCUT2D eigenvalue weighted by atomic mass is 10.2. The van der Waals surface area contributed by atoms with Gasteiger partial charge in [-0.25, -0.2) is 4.39 Å². The third-order valence-corrected chi connectivity index (χ3v) is 2.48. The number of hydrogen-bond acceptors (Lipinski definition) is 3. The molecule has 0 bridgehead atoms. The Morgan fingerprint density at radius 2 is 2.17 bits per heavy atom. The van der Waals surface area contributed by atoms with Crippen molar-refractivity contribution in [1.29, 1.82) is 0 Å². The number of nitrogens with one attached hydrogen (secondary N) is 2. The van der Waals surface area contributed by atoms with Crippen LogP contribution in [0.3, 0.4) is 0 Å². The van der Waals surface area contributed by atoms with Gasteiger partial charge in [-0.1, -0.05) is 6.92 Å². The molecular weight excluding hydrogens is 235 g/mol. The quantitative estimate of drug-likeness (QED) is 0.726. The maximum Gasteiger partial charge on any atom is 0.251 e. The average Bonchev–Trinajstić information content (AvgIpc) is 2.38. The number of carbonyl (C=O) groups excluding carboxylic acids is 1. The molecule has 0 saturated carbocycles. The van der Waals surface area contributed by atoms with Crippen molar-refractivity contribution in [3.63, 3.8) is 0 Å². The second-order valence-electron chi connectivity index (χ2n) is 3.81. The number of carbonyl (C=O) groups is 1. The fourth-order valence-corrected chi connectivity index (χ4v) is 1.50. The van der Waals surface area contributed by atoms with Gasteiger partial charge in [-0.05, 0) is 37.7 Å². The van der Waals surface area contributed by atoms with E-state index in [1.165, 1.54) is 25.3 Å². The Labute approximate surface area is 107 Å². The molecular formula is C13H19FN2O2. The van der Waals surface area contributed by atoms with E-state index in [2.05, 4.69) is 10.6 Å². The summed E-state index contributed by atoms with van der Waals surface area (Å²) in [6.07, 6.45) is 0.859. The minimum atomic E-state index is -0.471. The molecule has 18 heavy (non-hydrogen) atoms. The van der Waals surface area contributed by atoms with Crippen LogP contribution in [0.25, 0.3) is 0 Å². The number of halogens is 1. The van der Waals surface area contributed by atoms with Gasteiger partial charge in [-0.3, -0.25) is 4.79 Å². The van der Waals surface area contributed by atoms with Crippen molar-refractivity contribution in [2.45, 2.75) is 13.3 Å². The third-order valence-electron chi connectivity index (χ3n) is 2.48. The second-order valence-corrected chi connectivity index (χ2v) is 3.81. The van der Waals surface area contributed by atoms with Gasteiger partial charge in [0.1, 0.15) is 0 Å². The molecule has 0 aliphatic heterocycles. The van der Waals surface area contributed by atoms with Crippen LogP contribution in [0.15, 0.2) is 18.2 Å². The van der Waals surface area contributed by atoms with Gasteiger partial charge in [0.2, 0.25) is 0 Å². The van der Waals surface area contributed by atoms with Crippen LogP contribution in [0.4, 0.5) is 4.39 Å². The lowest BCUT2D eigenvalue weighted by Gasteiger charge is -2.07. The van der Waals surface area contributed by atoms with Gasteiger partial charge in [0.05, 0.1) is 7.11 Å². The van der Waals surface area contributed by atoms with Crippen LogP contribution < -0.4 is 15.4 Å². The normalized spacial score (nSPS) is 10.2. The van der Waals surface area contributed by atoms with Crippen molar-refractivity contribution in [3.8, 4) is 5.75 Å². The molecule has 1 aromatic rings. The number of amides is 1. The summed E-state index contributed by atoms with van der Waals surface area (Å²) < 4.78 is 18.0. The minimum Gasteiger partial charge on any atom is -0.494 e. The van der Waals surface area contributed by atoms with Crippen LogP contribution in [0, 0.1) is 5.82 Å². The molecule has 0 saturated heterocycles. The lowest BCUT2D eigenvalue weighted by molar-refractivity contribution is 0.0953. The van der Waals surface area contributed by atoms with E-state index in [9.17, 15) is 9.18 Å². The molecule has 0 radical (unpaired) electrons. The summed E-state index contributed by atoms with van der Waals surface area (Å²) in [7, 11) is 1.37. The molecule has 0 unspecified atom stereocenters. The van der Waals surface area contributed by atoms with Crippen molar-refractivity contribution in [2.75, 3.05) is 26.7 Å². The van der Waals surface area contributed by atoms with Crippen LogP contribution in [-0.2, 0) is 0 Å². The van der Waals surface area contributed by atoms with E-state index in [-0.39, 0.29) is 11.7 Å². The third kappa shape index (κ3) is 4.33. The highest BCUT2D eigenvalue weighted by atomic mass is 19.1. The first kappa shape index (κ1) is 14.4. The van der Waals surface area contributed by atoms with Gasteiger partial charge in [0.25, 0.3) is 5.91 Å². The van der Waals surface area contributed by atoms with Crippen LogP contribution in [0.2, 0.25) is 0 Å². The summed E-state index contributed by atoms with van der Waals surface area (Å²) in [5.41, 5.74) is 0.400. The van der Waals surface area contributed by atoms with Crippen molar-refractivity contribution in [2.24, 2.45) is 0 Å². The van der Waals surface area contributed by atoms with E-state index in [4.69, 9.17) is 4.74 Å².